The molecule has 0 radical (unpaired) electrons. The number of rotatable bonds is 4. The van der Waals surface area contributed by atoms with Gasteiger partial charge in [0.15, 0.2) is 0 Å². The van der Waals surface area contributed by atoms with Gasteiger partial charge in [0.05, 0.1) is 0 Å². The van der Waals surface area contributed by atoms with E-state index in [4.69, 9.17) is 4.74 Å². The van der Waals surface area contributed by atoms with Crippen molar-refractivity contribution in [1.82, 2.24) is 0 Å². The molecule has 0 fully saturated rings. The van der Waals surface area contributed by atoms with Gasteiger partial charge in [-0.3, -0.25) is 0 Å². The van der Waals surface area contributed by atoms with Gasteiger partial charge in [0.25, 0.3) is 0 Å². The van der Waals surface area contributed by atoms with Crippen LogP contribution in [0.3, 0.4) is 0 Å². The van der Waals surface area contributed by atoms with Gasteiger partial charge in [-0.05, 0) is 61.9 Å². The van der Waals surface area contributed by atoms with Crippen LogP contribution in [0.1, 0.15) is 41.7 Å². The third-order valence-corrected chi connectivity index (χ3v) is 4.26. The third kappa shape index (κ3) is 3.11. The summed E-state index contributed by atoms with van der Waals surface area (Å²) in [6, 6.07) is 14.2. The molecule has 0 spiro atoms. The molecule has 0 amide bonds. The maximum absolute atomic E-state index is 10.4. The summed E-state index contributed by atoms with van der Waals surface area (Å²) in [6.45, 7) is 3.96. The van der Waals surface area contributed by atoms with E-state index in [1.165, 1.54) is 29.5 Å². The predicted octanol–water partition coefficient (Wildman–Crippen LogP) is 3.98. The lowest BCUT2D eigenvalue weighted by atomic mass is 10.0. The first-order valence-corrected chi connectivity index (χ1v) is 7.66. The smallest absolute Gasteiger partial charge is 0.126 e. The summed E-state index contributed by atoms with van der Waals surface area (Å²) in [6.07, 6.45) is 2.67. The maximum atomic E-state index is 10.4. The number of aliphatic hydroxyl groups excluding tert-OH is 1. The Bertz CT molecular complexity index is 616. The van der Waals surface area contributed by atoms with E-state index in [0.29, 0.717) is 0 Å². The minimum Gasteiger partial charge on any atom is -0.488 e. The van der Waals surface area contributed by atoms with Crippen molar-refractivity contribution in [2.75, 3.05) is 0 Å². The van der Waals surface area contributed by atoms with E-state index in [1.54, 1.807) is 0 Å². The highest BCUT2D eigenvalue weighted by Crippen LogP contribution is 2.28. The second-order valence-electron chi connectivity index (χ2n) is 5.96. The third-order valence-electron chi connectivity index (χ3n) is 4.26. The average molecular weight is 282 g/mol. The molecule has 0 bridgehead atoms. The molecular weight excluding hydrogens is 260 g/mol. The number of fused-ring (bicyclic) bond motifs is 1. The van der Waals surface area contributed by atoms with Gasteiger partial charge in [-0.25, -0.2) is 0 Å². The second-order valence-corrected chi connectivity index (χ2v) is 5.96. The lowest BCUT2D eigenvalue weighted by molar-refractivity contribution is 0.0467. The Kier molecular flexibility index (Phi) is 3.98. The Morgan fingerprint density at radius 1 is 1.00 bits per heavy atom. The van der Waals surface area contributed by atoms with Gasteiger partial charge in [-0.1, -0.05) is 35.9 Å². The van der Waals surface area contributed by atoms with Crippen molar-refractivity contribution in [2.45, 2.75) is 45.3 Å². The van der Waals surface area contributed by atoms with Crippen LogP contribution in [0, 0.1) is 6.92 Å². The Balaban J connectivity index is 1.70. The Morgan fingerprint density at radius 2 is 1.71 bits per heavy atom. The predicted molar refractivity (Wildman–Crippen MR) is 84.7 cm³/mol. The van der Waals surface area contributed by atoms with Crippen LogP contribution in [0.15, 0.2) is 42.5 Å². The molecule has 3 rings (SSSR count). The van der Waals surface area contributed by atoms with Gasteiger partial charge in [0.2, 0.25) is 0 Å². The minimum absolute atomic E-state index is 0.271. The molecule has 110 valence electrons. The molecular formula is C19H22O2. The maximum Gasteiger partial charge on any atom is 0.126 e. The van der Waals surface area contributed by atoms with Crippen molar-refractivity contribution in [2.24, 2.45) is 0 Å². The zero-order valence-electron chi connectivity index (χ0n) is 12.7. The molecule has 2 nitrogen and oxygen atoms in total. The number of hydrogen-bond acceptors (Lipinski definition) is 2. The molecule has 0 aliphatic heterocycles. The first-order chi connectivity index (χ1) is 10.1. The van der Waals surface area contributed by atoms with E-state index in [0.717, 1.165) is 17.7 Å². The molecule has 2 heteroatoms. The van der Waals surface area contributed by atoms with E-state index in [1.807, 2.05) is 44.2 Å². The lowest BCUT2D eigenvalue weighted by Gasteiger charge is -2.21. The molecule has 1 aliphatic rings. The molecule has 0 saturated carbocycles. The van der Waals surface area contributed by atoms with Crippen molar-refractivity contribution in [3.05, 3.63) is 64.7 Å². The fraction of sp³-hybridized carbons (Fsp3) is 0.368. The van der Waals surface area contributed by atoms with Gasteiger partial charge >= 0.3 is 0 Å². The topological polar surface area (TPSA) is 29.5 Å². The fourth-order valence-corrected chi connectivity index (χ4v) is 2.94. The Labute approximate surface area is 126 Å². The number of benzene rings is 2. The van der Waals surface area contributed by atoms with Crippen molar-refractivity contribution in [3.63, 3.8) is 0 Å². The van der Waals surface area contributed by atoms with Crippen molar-refractivity contribution < 1.29 is 9.84 Å². The first kappa shape index (κ1) is 14.2. The van der Waals surface area contributed by atoms with Gasteiger partial charge in [0.1, 0.15) is 18.0 Å². The molecule has 2 aromatic rings. The van der Waals surface area contributed by atoms with E-state index in [-0.39, 0.29) is 6.10 Å². The summed E-state index contributed by atoms with van der Waals surface area (Å²) in [5.41, 5.74) is 4.92. The standard InChI is InChI=1S/C19H22O2/c1-13-6-8-16(9-7-13)19(20)14(2)21-18-11-10-15-4-3-5-17(15)12-18/h6-12,14,19-20H,3-5H2,1-2H3. The van der Waals surface area contributed by atoms with E-state index in [2.05, 4.69) is 12.1 Å². The first-order valence-electron chi connectivity index (χ1n) is 7.66. The number of ether oxygens (including phenoxy) is 1. The highest BCUT2D eigenvalue weighted by molar-refractivity contribution is 5.38. The highest BCUT2D eigenvalue weighted by Gasteiger charge is 2.19. The molecule has 2 aromatic carbocycles. The number of aliphatic hydroxyl groups is 1. The highest BCUT2D eigenvalue weighted by atomic mass is 16.5. The quantitative estimate of drug-likeness (QED) is 0.919. The monoisotopic (exact) mass is 282 g/mol. The molecule has 1 N–H and O–H groups in total. The van der Waals surface area contributed by atoms with Crippen LogP contribution in [-0.2, 0) is 12.8 Å². The van der Waals surface area contributed by atoms with Crippen molar-refractivity contribution in [3.8, 4) is 5.75 Å². The van der Waals surface area contributed by atoms with Crippen LogP contribution in [0.4, 0.5) is 0 Å². The average Bonchev–Trinajstić information content (AvgIpc) is 2.95. The van der Waals surface area contributed by atoms with Crippen LogP contribution in [0.5, 0.6) is 5.75 Å². The summed E-state index contributed by atoms with van der Waals surface area (Å²) in [7, 11) is 0. The van der Waals surface area contributed by atoms with Gasteiger partial charge < -0.3 is 9.84 Å². The summed E-state index contributed by atoms with van der Waals surface area (Å²) >= 11 is 0. The molecule has 2 unspecified atom stereocenters. The minimum atomic E-state index is -0.612. The largest absolute Gasteiger partial charge is 0.488 e. The van der Waals surface area contributed by atoms with Crippen LogP contribution >= 0.6 is 0 Å². The van der Waals surface area contributed by atoms with Crippen molar-refractivity contribution in [1.29, 1.82) is 0 Å². The zero-order chi connectivity index (χ0) is 14.8. The van der Waals surface area contributed by atoms with Crippen LogP contribution in [-0.4, -0.2) is 11.2 Å². The molecule has 2 atom stereocenters. The van der Waals surface area contributed by atoms with Crippen LogP contribution in [0.2, 0.25) is 0 Å². The van der Waals surface area contributed by atoms with Gasteiger partial charge in [-0.2, -0.15) is 0 Å². The summed E-state index contributed by atoms with van der Waals surface area (Å²) < 4.78 is 5.94. The molecule has 0 saturated heterocycles. The molecule has 0 aromatic heterocycles. The molecule has 0 heterocycles. The second kappa shape index (κ2) is 5.90. The summed E-state index contributed by atoms with van der Waals surface area (Å²) in [4.78, 5) is 0. The van der Waals surface area contributed by atoms with E-state index in [9.17, 15) is 5.11 Å². The molecule has 21 heavy (non-hydrogen) atoms. The van der Waals surface area contributed by atoms with Gasteiger partial charge in [-0.15, -0.1) is 0 Å². The lowest BCUT2D eigenvalue weighted by Crippen LogP contribution is -2.21. The van der Waals surface area contributed by atoms with Crippen LogP contribution < -0.4 is 4.74 Å². The summed E-state index contributed by atoms with van der Waals surface area (Å²) in [5, 5.41) is 10.4. The Morgan fingerprint density at radius 3 is 2.48 bits per heavy atom. The fourth-order valence-electron chi connectivity index (χ4n) is 2.94. The molecule has 1 aliphatic carbocycles. The number of aryl methyl sites for hydroxylation is 3. The van der Waals surface area contributed by atoms with Gasteiger partial charge in [0, 0.05) is 0 Å². The van der Waals surface area contributed by atoms with Crippen LogP contribution in [0.25, 0.3) is 0 Å². The van der Waals surface area contributed by atoms with E-state index >= 15 is 0 Å². The summed E-state index contributed by atoms with van der Waals surface area (Å²) in [5.74, 6) is 0.856. The van der Waals surface area contributed by atoms with E-state index < -0.39 is 6.10 Å². The normalized spacial score (nSPS) is 16.3. The Hall–Kier alpha value is -1.80. The zero-order valence-corrected chi connectivity index (χ0v) is 12.7. The number of hydrogen-bond donors (Lipinski definition) is 1. The van der Waals surface area contributed by atoms with Crippen molar-refractivity contribution >= 4 is 0 Å². The SMILES string of the molecule is Cc1ccc(C(O)C(C)Oc2ccc3c(c2)CCC3)cc1.